The fourth-order valence-electron chi connectivity index (χ4n) is 4.30. The first-order valence-electron chi connectivity index (χ1n) is 9.80. The minimum absolute atomic E-state index is 0.0152. The maximum Gasteiger partial charge on any atom is 0.273 e. The molecule has 1 N–H and O–H groups in total. The molecule has 3 heterocycles. The molecule has 0 aromatic carbocycles. The fourth-order valence-corrected chi connectivity index (χ4v) is 5.91. The van der Waals surface area contributed by atoms with Crippen LogP contribution in [0.2, 0.25) is 0 Å². The number of nitrogens with zero attached hydrogens (tertiary/aromatic N) is 2. The third-order valence-electron chi connectivity index (χ3n) is 5.08. The zero-order valence-electron chi connectivity index (χ0n) is 17.0. The highest BCUT2D eigenvalue weighted by molar-refractivity contribution is 7.20. The predicted octanol–water partition coefficient (Wildman–Crippen LogP) is 5.42. The molecule has 4 nitrogen and oxygen atoms in total. The third-order valence-corrected chi connectivity index (χ3v) is 6.96. The van der Waals surface area contributed by atoms with Gasteiger partial charge in [-0.3, -0.25) is 4.79 Å². The number of aromatic nitrogens is 1. The summed E-state index contributed by atoms with van der Waals surface area (Å²) in [6.45, 7) is 11.9. The monoisotopic (exact) mass is 405 g/mol. The number of amides is 1. The van der Waals surface area contributed by atoms with E-state index in [1.54, 1.807) is 22.7 Å². The van der Waals surface area contributed by atoms with Gasteiger partial charge in [0.05, 0.1) is 4.88 Å². The standard InChI is InChI=1S/C21H31N3OS2/c1-6-7-10-24(15-12-20(2,3)23-21(4,5)13-15)19(25)16-14-27-18(22-16)17-9-8-11-26-17/h8-9,11,14-15,23H,6-7,10,12-13H2,1-5H3. The van der Waals surface area contributed by atoms with Gasteiger partial charge in [-0.05, 0) is 58.4 Å². The van der Waals surface area contributed by atoms with Crippen molar-refractivity contribution in [1.82, 2.24) is 15.2 Å². The molecule has 2 aromatic rings. The summed E-state index contributed by atoms with van der Waals surface area (Å²) in [5.74, 6) is 0.0843. The molecule has 0 atom stereocenters. The number of nitrogens with one attached hydrogen (secondary N) is 1. The van der Waals surface area contributed by atoms with E-state index in [1.807, 2.05) is 16.8 Å². The number of carbonyl (C=O) groups is 1. The number of thiophene rings is 1. The zero-order chi connectivity index (χ0) is 19.7. The van der Waals surface area contributed by atoms with Gasteiger partial charge in [0.1, 0.15) is 10.7 Å². The Morgan fingerprint density at radius 2 is 1.96 bits per heavy atom. The van der Waals surface area contributed by atoms with Crippen molar-refractivity contribution < 1.29 is 4.79 Å². The molecule has 148 valence electrons. The number of piperidine rings is 1. The number of rotatable bonds is 6. The fraction of sp³-hybridized carbons (Fsp3) is 0.619. The summed E-state index contributed by atoms with van der Waals surface area (Å²) >= 11 is 3.23. The van der Waals surface area contributed by atoms with Crippen LogP contribution in [-0.2, 0) is 0 Å². The Morgan fingerprint density at radius 1 is 1.26 bits per heavy atom. The van der Waals surface area contributed by atoms with Crippen molar-refractivity contribution >= 4 is 28.6 Å². The Bertz CT molecular complexity index is 748. The number of unbranched alkanes of at least 4 members (excludes halogenated alkanes) is 1. The quantitative estimate of drug-likeness (QED) is 0.697. The summed E-state index contributed by atoms with van der Waals surface area (Å²) in [5.41, 5.74) is 0.622. The summed E-state index contributed by atoms with van der Waals surface area (Å²) in [5, 5.41) is 8.63. The van der Waals surface area contributed by atoms with Crippen LogP contribution in [-0.4, -0.2) is 39.5 Å². The van der Waals surface area contributed by atoms with E-state index in [2.05, 4.69) is 55.9 Å². The highest BCUT2D eigenvalue weighted by Crippen LogP contribution is 2.33. The van der Waals surface area contributed by atoms with E-state index in [0.717, 1.165) is 42.1 Å². The summed E-state index contributed by atoms with van der Waals surface area (Å²) in [7, 11) is 0. The van der Waals surface area contributed by atoms with Gasteiger partial charge in [0, 0.05) is 29.0 Å². The molecule has 1 saturated heterocycles. The summed E-state index contributed by atoms with van der Waals surface area (Å²) in [6.07, 6.45) is 4.04. The van der Waals surface area contributed by atoms with Crippen LogP contribution in [0.1, 0.15) is 70.8 Å². The van der Waals surface area contributed by atoms with E-state index in [-0.39, 0.29) is 23.0 Å². The molecule has 1 aliphatic rings. The second kappa shape index (κ2) is 8.02. The highest BCUT2D eigenvalue weighted by atomic mass is 32.1. The molecule has 6 heteroatoms. The lowest BCUT2D eigenvalue weighted by Crippen LogP contribution is -2.62. The summed E-state index contributed by atoms with van der Waals surface area (Å²) in [6, 6.07) is 4.32. The second-order valence-electron chi connectivity index (χ2n) is 8.82. The van der Waals surface area contributed by atoms with E-state index in [4.69, 9.17) is 0 Å². The molecule has 3 rings (SSSR count). The smallest absolute Gasteiger partial charge is 0.273 e. The predicted molar refractivity (Wildman–Crippen MR) is 116 cm³/mol. The van der Waals surface area contributed by atoms with E-state index < -0.39 is 0 Å². The molecule has 0 saturated carbocycles. The lowest BCUT2D eigenvalue weighted by Gasteiger charge is -2.49. The summed E-state index contributed by atoms with van der Waals surface area (Å²) < 4.78 is 0. The van der Waals surface area contributed by atoms with Gasteiger partial charge in [-0.2, -0.15) is 0 Å². The molecule has 0 spiro atoms. The Balaban J connectivity index is 1.84. The molecule has 1 amide bonds. The van der Waals surface area contributed by atoms with Crippen molar-refractivity contribution in [3.8, 4) is 9.88 Å². The van der Waals surface area contributed by atoms with E-state index in [9.17, 15) is 4.79 Å². The molecular weight excluding hydrogens is 374 g/mol. The van der Waals surface area contributed by atoms with Crippen LogP contribution < -0.4 is 5.32 Å². The third kappa shape index (κ3) is 4.98. The lowest BCUT2D eigenvalue weighted by molar-refractivity contribution is 0.0437. The molecule has 0 unspecified atom stereocenters. The van der Waals surface area contributed by atoms with Crippen LogP contribution in [0.25, 0.3) is 9.88 Å². The van der Waals surface area contributed by atoms with Gasteiger partial charge in [0.2, 0.25) is 0 Å². The topological polar surface area (TPSA) is 45.2 Å². The van der Waals surface area contributed by atoms with Gasteiger partial charge >= 0.3 is 0 Å². The number of thiazole rings is 1. The van der Waals surface area contributed by atoms with Crippen molar-refractivity contribution in [2.75, 3.05) is 6.54 Å². The minimum atomic E-state index is 0.0152. The van der Waals surface area contributed by atoms with Crippen molar-refractivity contribution in [3.63, 3.8) is 0 Å². The number of hydrogen-bond donors (Lipinski definition) is 1. The van der Waals surface area contributed by atoms with Crippen LogP contribution in [0.5, 0.6) is 0 Å². The first-order chi connectivity index (χ1) is 12.7. The molecule has 0 radical (unpaired) electrons. The van der Waals surface area contributed by atoms with E-state index >= 15 is 0 Å². The molecule has 0 bridgehead atoms. The van der Waals surface area contributed by atoms with Crippen LogP contribution in [0.15, 0.2) is 22.9 Å². The van der Waals surface area contributed by atoms with Gasteiger partial charge < -0.3 is 10.2 Å². The first-order valence-corrected chi connectivity index (χ1v) is 11.6. The van der Waals surface area contributed by atoms with E-state index in [0.29, 0.717) is 5.69 Å². The maximum atomic E-state index is 13.4. The number of hydrogen-bond acceptors (Lipinski definition) is 5. The van der Waals surface area contributed by atoms with Gasteiger partial charge in [-0.25, -0.2) is 4.98 Å². The van der Waals surface area contributed by atoms with Gasteiger partial charge in [0.25, 0.3) is 5.91 Å². The van der Waals surface area contributed by atoms with Crippen molar-refractivity contribution in [2.45, 2.75) is 77.4 Å². The Hall–Kier alpha value is -1.24. The van der Waals surface area contributed by atoms with Crippen LogP contribution in [0.3, 0.4) is 0 Å². The molecule has 0 aliphatic carbocycles. The average Bonchev–Trinajstić information content (AvgIpc) is 3.23. The minimum Gasteiger partial charge on any atom is -0.334 e. The SMILES string of the molecule is CCCCN(C(=O)c1csc(-c2cccs2)n1)C1CC(C)(C)NC(C)(C)C1. The van der Waals surface area contributed by atoms with Crippen LogP contribution in [0, 0.1) is 0 Å². The Labute approximate surface area is 171 Å². The molecule has 1 fully saturated rings. The molecule has 27 heavy (non-hydrogen) atoms. The van der Waals surface area contributed by atoms with Gasteiger partial charge in [-0.15, -0.1) is 22.7 Å². The van der Waals surface area contributed by atoms with Crippen molar-refractivity contribution in [2.24, 2.45) is 0 Å². The molecular formula is C21H31N3OS2. The van der Waals surface area contributed by atoms with Crippen molar-refractivity contribution in [1.29, 1.82) is 0 Å². The van der Waals surface area contributed by atoms with Crippen molar-refractivity contribution in [3.05, 3.63) is 28.6 Å². The zero-order valence-corrected chi connectivity index (χ0v) is 18.7. The highest BCUT2D eigenvalue weighted by Gasteiger charge is 2.41. The van der Waals surface area contributed by atoms with Gasteiger partial charge in [0.15, 0.2) is 0 Å². The van der Waals surface area contributed by atoms with Gasteiger partial charge in [-0.1, -0.05) is 19.4 Å². The summed E-state index contributed by atoms with van der Waals surface area (Å²) in [4.78, 5) is 21.3. The largest absolute Gasteiger partial charge is 0.334 e. The Morgan fingerprint density at radius 3 is 2.56 bits per heavy atom. The second-order valence-corrected chi connectivity index (χ2v) is 10.6. The molecule has 1 aliphatic heterocycles. The van der Waals surface area contributed by atoms with Crippen LogP contribution in [0.4, 0.5) is 0 Å². The Kier molecular flexibility index (Phi) is 6.08. The first kappa shape index (κ1) is 20.5. The maximum absolute atomic E-state index is 13.4. The van der Waals surface area contributed by atoms with E-state index in [1.165, 1.54) is 0 Å². The number of carbonyl (C=O) groups excluding carboxylic acids is 1. The lowest BCUT2D eigenvalue weighted by atomic mass is 9.79. The average molecular weight is 406 g/mol. The van der Waals surface area contributed by atoms with Crippen LogP contribution >= 0.6 is 22.7 Å². The normalized spacial score (nSPS) is 19.1. The molecule has 2 aromatic heterocycles.